The Labute approximate surface area is 92.7 Å². The summed E-state index contributed by atoms with van der Waals surface area (Å²) in [7, 11) is 0. The van der Waals surface area contributed by atoms with Crippen LogP contribution in [0.3, 0.4) is 0 Å². The third-order valence-electron chi connectivity index (χ3n) is 1.82. The fourth-order valence-electron chi connectivity index (χ4n) is 1.14. The van der Waals surface area contributed by atoms with E-state index in [9.17, 15) is 0 Å². The highest BCUT2D eigenvalue weighted by Crippen LogP contribution is 2.34. The van der Waals surface area contributed by atoms with Crippen LogP contribution in [-0.2, 0) is 6.54 Å². The molecule has 0 radical (unpaired) electrons. The molecule has 1 saturated heterocycles. The minimum Gasteiger partial charge on any atom is -0.267 e. The van der Waals surface area contributed by atoms with Crippen molar-refractivity contribution in [3.8, 4) is 0 Å². The Balaban J connectivity index is 1.97. The summed E-state index contributed by atoms with van der Waals surface area (Å²) in [6.45, 7) is 4.70. The third kappa shape index (κ3) is 2.66. The highest BCUT2D eigenvalue weighted by Gasteiger charge is 2.12. The molecule has 0 spiro atoms. The Morgan fingerprint density at radius 1 is 1.29 bits per heavy atom. The van der Waals surface area contributed by atoms with Gasteiger partial charge in [-0.05, 0) is 10.5 Å². The van der Waals surface area contributed by atoms with Crippen LogP contribution in [0.15, 0.2) is 46.8 Å². The van der Waals surface area contributed by atoms with Gasteiger partial charge in [-0.25, -0.2) is 0 Å². The number of aliphatic imine (C=N–C) groups is 1. The molecule has 1 aromatic rings. The normalized spacial score (nSPS) is 19.1. The Kier molecular flexibility index (Phi) is 3.32. The van der Waals surface area contributed by atoms with Gasteiger partial charge in [-0.3, -0.25) is 4.99 Å². The fourth-order valence-corrected chi connectivity index (χ4v) is 3.14. The van der Waals surface area contributed by atoms with E-state index in [1.165, 1.54) is 10.5 Å². The van der Waals surface area contributed by atoms with Gasteiger partial charge in [-0.1, -0.05) is 60.4 Å². The number of hydrogen-bond donors (Lipinski definition) is 0. The summed E-state index contributed by atoms with van der Waals surface area (Å²) < 4.78 is 1.15. The van der Waals surface area contributed by atoms with Gasteiger partial charge in [0.15, 0.2) is 0 Å². The van der Waals surface area contributed by atoms with Crippen molar-refractivity contribution in [2.45, 2.75) is 6.54 Å². The quantitative estimate of drug-likeness (QED) is 0.757. The second kappa shape index (κ2) is 4.71. The maximum Gasteiger partial charge on any atom is 0.129 e. The molecule has 0 saturated carbocycles. The van der Waals surface area contributed by atoms with Crippen molar-refractivity contribution < 1.29 is 0 Å². The first kappa shape index (κ1) is 9.87. The van der Waals surface area contributed by atoms with Gasteiger partial charge in [-0.15, -0.1) is 0 Å². The summed E-state index contributed by atoms with van der Waals surface area (Å²) >= 11 is 3.49. The zero-order valence-electron chi connectivity index (χ0n) is 7.77. The van der Waals surface area contributed by atoms with E-state index in [-0.39, 0.29) is 0 Å². The van der Waals surface area contributed by atoms with Crippen molar-refractivity contribution in [3.63, 3.8) is 0 Å². The molecule has 1 aromatic carbocycles. The summed E-state index contributed by atoms with van der Waals surface area (Å²) in [4.78, 5) is 5.74. The average Bonchev–Trinajstić information content (AvgIpc) is 2.63. The smallest absolute Gasteiger partial charge is 0.129 e. The number of hydrogen-bond acceptors (Lipinski definition) is 3. The maximum absolute atomic E-state index is 4.53. The molecule has 0 atom stereocenters. The van der Waals surface area contributed by atoms with Crippen LogP contribution in [0.4, 0.5) is 0 Å². The van der Waals surface area contributed by atoms with Crippen LogP contribution in [-0.4, -0.2) is 10.1 Å². The van der Waals surface area contributed by atoms with Gasteiger partial charge in [0.1, 0.15) is 4.38 Å². The molecule has 72 valence electrons. The molecule has 0 aliphatic carbocycles. The molecule has 3 heteroatoms. The largest absolute Gasteiger partial charge is 0.267 e. The molecular formula is C11H11NS2. The minimum atomic E-state index is 0.781. The summed E-state index contributed by atoms with van der Waals surface area (Å²) in [6, 6.07) is 10.3. The zero-order chi connectivity index (χ0) is 9.80. The molecule has 0 aromatic heterocycles. The van der Waals surface area contributed by atoms with Crippen molar-refractivity contribution in [1.29, 1.82) is 0 Å². The first-order chi connectivity index (χ1) is 6.84. The van der Waals surface area contributed by atoms with E-state index in [1.54, 1.807) is 23.5 Å². The molecule has 1 aliphatic heterocycles. The van der Waals surface area contributed by atoms with Crippen LogP contribution < -0.4 is 0 Å². The summed E-state index contributed by atoms with van der Waals surface area (Å²) in [5, 5.41) is 0. The van der Waals surface area contributed by atoms with Gasteiger partial charge >= 0.3 is 0 Å². The molecule has 0 N–H and O–H groups in total. The second-order valence-electron chi connectivity index (χ2n) is 3.00. The van der Waals surface area contributed by atoms with Crippen LogP contribution in [0, 0.1) is 0 Å². The highest BCUT2D eigenvalue weighted by molar-refractivity contribution is 8.43. The molecule has 0 amide bonds. The monoisotopic (exact) mass is 221 g/mol. The summed E-state index contributed by atoms with van der Waals surface area (Å²) in [5.74, 6) is 1.01. The minimum absolute atomic E-state index is 0.781. The van der Waals surface area contributed by atoms with Crippen molar-refractivity contribution >= 4 is 27.9 Å². The lowest BCUT2D eigenvalue weighted by atomic mass is 10.2. The highest BCUT2D eigenvalue weighted by atomic mass is 32.2. The van der Waals surface area contributed by atoms with Crippen molar-refractivity contribution in [2.75, 3.05) is 5.75 Å². The van der Waals surface area contributed by atoms with Crippen LogP contribution in [0.5, 0.6) is 0 Å². The van der Waals surface area contributed by atoms with E-state index < -0.39 is 0 Å². The average molecular weight is 221 g/mol. The van der Waals surface area contributed by atoms with Crippen LogP contribution >= 0.6 is 23.5 Å². The third-order valence-corrected chi connectivity index (χ3v) is 4.21. The van der Waals surface area contributed by atoms with E-state index in [4.69, 9.17) is 0 Å². The maximum atomic E-state index is 4.53. The van der Waals surface area contributed by atoms with E-state index >= 15 is 0 Å². The molecule has 1 heterocycles. The van der Waals surface area contributed by atoms with Gasteiger partial charge in [0.05, 0.1) is 6.54 Å². The van der Waals surface area contributed by atoms with E-state index in [0.717, 1.165) is 16.7 Å². The lowest BCUT2D eigenvalue weighted by molar-refractivity contribution is 1.08. The van der Waals surface area contributed by atoms with Crippen LogP contribution in [0.25, 0.3) is 0 Å². The Bertz CT molecular complexity index is 357. The standard InChI is InChI=1S/C11H11NS2/c1-9-8-13-11(14-9)12-7-10-5-3-2-4-6-10/h2-6H,1,7-8H2. The second-order valence-corrected chi connectivity index (χ2v) is 5.39. The molecule has 0 unspecified atom stereocenters. The molecule has 1 nitrogen and oxygen atoms in total. The predicted octanol–water partition coefficient (Wildman–Crippen LogP) is 3.54. The number of thioether (sulfide) groups is 2. The Hall–Kier alpha value is -0.670. The van der Waals surface area contributed by atoms with E-state index in [0.29, 0.717) is 0 Å². The van der Waals surface area contributed by atoms with Gasteiger partial charge in [-0.2, -0.15) is 0 Å². The van der Waals surface area contributed by atoms with Gasteiger partial charge < -0.3 is 0 Å². The summed E-state index contributed by atoms with van der Waals surface area (Å²) in [5.41, 5.74) is 1.26. The lowest BCUT2D eigenvalue weighted by Crippen LogP contribution is -1.83. The molecule has 0 bridgehead atoms. The predicted molar refractivity (Wildman–Crippen MR) is 66.8 cm³/mol. The van der Waals surface area contributed by atoms with Gasteiger partial charge in [0.25, 0.3) is 0 Å². The number of benzene rings is 1. The molecule has 1 fully saturated rings. The SMILES string of the molecule is C=C1CSC(=NCc2ccccc2)S1. The van der Waals surface area contributed by atoms with E-state index in [2.05, 4.69) is 23.7 Å². The van der Waals surface area contributed by atoms with Crippen LogP contribution in [0.1, 0.15) is 5.56 Å². The van der Waals surface area contributed by atoms with Crippen LogP contribution in [0.2, 0.25) is 0 Å². The van der Waals surface area contributed by atoms with Crippen molar-refractivity contribution in [2.24, 2.45) is 4.99 Å². The first-order valence-electron chi connectivity index (χ1n) is 4.41. The van der Waals surface area contributed by atoms with Gasteiger partial charge in [0.2, 0.25) is 0 Å². The first-order valence-corrected chi connectivity index (χ1v) is 6.21. The van der Waals surface area contributed by atoms with E-state index in [1.807, 2.05) is 18.2 Å². The van der Waals surface area contributed by atoms with Crippen molar-refractivity contribution in [1.82, 2.24) is 0 Å². The Morgan fingerprint density at radius 2 is 2.07 bits per heavy atom. The lowest BCUT2D eigenvalue weighted by Gasteiger charge is -1.96. The molecule has 2 rings (SSSR count). The zero-order valence-corrected chi connectivity index (χ0v) is 9.40. The number of nitrogens with zero attached hydrogens (tertiary/aromatic N) is 1. The molecule has 1 aliphatic rings. The van der Waals surface area contributed by atoms with Crippen molar-refractivity contribution in [3.05, 3.63) is 47.4 Å². The molecular weight excluding hydrogens is 210 g/mol. The topological polar surface area (TPSA) is 12.4 Å². The molecule has 14 heavy (non-hydrogen) atoms. The fraction of sp³-hybridized carbons (Fsp3) is 0.182. The Morgan fingerprint density at radius 3 is 2.71 bits per heavy atom. The van der Waals surface area contributed by atoms with Gasteiger partial charge in [0, 0.05) is 5.75 Å². The number of rotatable bonds is 2. The summed E-state index contributed by atoms with van der Waals surface area (Å²) in [6.07, 6.45) is 0.